The fourth-order valence-corrected chi connectivity index (χ4v) is 3.24. The number of nitrogens with zero attached hydrogens (tertiary/aromatic N) is 1. The predicted molar refractivity (Wildman–Crippen MR) is 81.2 cm³/mol. The standard InChI is InChI=1S/C17H21N3/c1-12-16(15-4-2-3-5-17(15)20-12)11-19-14-8-6-13(10-18)7-9-14/h2-5,13-14,19-20H,6-9,11H2,1H3. The van der Waals surface area contributed by atoms with Crippen molar-refractivity contribution in [3.63, 3.8) is 0 Å². The summed E-state index contributed by atoms with van der Waals surface area (Å²) in [7, 11) is 0. The highest BCUT2D eigenvalue weighted by molar-refractivity contribution is 5.84. The zero-order chi connectivity index (χ0) is 13.9. The Labute approximate surface area is 120 Å². The van der Waals surface area contributed by atoms with E-state index in [1.807, 2.05) is 0 Å². The molecule has 0 radical (unpaired) electrons. The van der Waals surface area contributed by atoms with Crippen molar-refractivity contribution in [1.29, 1.82) is 5.26 Å². The van der Waals surface area contributed by atoms with E-state index in [9.17, 15) is 0 Å². The minimum Gasteiger partial charge on any atom is -0.358 e. The highest BCUT2D eigenvalue weighted by Crippen LogP contribution is 2.25. The van der Waals surface area contributed by atoms with Gasteiger partial charge in [-0.05, 0) is 44.2 Å². The number of benzene rings is 1. The van der Waals surface area contributed by atoms with E-state index in [4.69, 9.17) is 5.26 Å². The summed E-state index contributed by atoms with van der Waals surface area (Å²) in [6.07, 6.45) is 4.33. The largest absolute Gasteiger partial charge is 0.358 e. The van der Waals surface area contributed by atoms with Crippen LogP contribution >= 0.6 is 0 Å². The van der Waals surface area contributed by atoms with Crippen molar-refractivity contribution < 1.29 is 0 Å². The minimum atomic E-state index is 0.280. The topological polar surface area (TPSA) is 51.6 Å². The third-order valence-corrected chi connectivity index (χ3v) is 4.50. The molecule has 2 N–H and O–H groups in total. The van der Waals surface area contributed by atoms with E-state index in [0.717, 1.165) is 32.2 Å². The molecule has 3 rings (SSSR count). The molecule has 2 aromatic rings. The van der Waals surface area contributed by atoms with Gasteiger partial charge < -0.3 is 10.3 Å². The Morgan fingerprint density at radius 2 is 2.00 bits per heavy atom. The number of nitriles is 1. The molecule has 1 fully saturated rings. The van der Waals surface area contributed by atoms with Crippen LogP contribution < -0.4 is 5.32 Å². The van der Waals surface area contributed by atoms with E-state index in [1.54, 1.807) is 0 Å². The SMILES string of the molecule is Cc1[nH]c2ccccc2c1CNC1CCC(C#N)CC1. The van der Waals surface area contributed by atoms with Gasteiger partial charge in [-0.1, -0.05) is 18.2 Å². The van der Waals surface area contributed by atoms with Gasteiger partial charge in [0.25, 0.3) is 0 Å². The Morgan fingerprint density at radius 3 is 2.75 bits per heavy atom. The second-order valence-electron chi connectivity index (χ2n) is 5.83. The molecule has 0 atom stereocenters. The number of aromatic nitrogens is 1. The fraction of sp³-hybridized carbons (Fsp3) is 0.471. The van der Waals surface area contributed by atoms with Crippen LogP contribution in [0.25, 0.3) is 10.9 Å². The lowest BCUT2D eigenvalue weighted by molar-refractivity contribution is 0.331. The van der Waals surface area contributed by atoms with Crippen LogP contribution in [0.2, 0.25) is 0 Å². The summed E-state index contributed by atoms with van der Waals surface area (Å²) in [6, 6.07) is 11.4. The van der Waals surface area contributed by atoms with Crippen LogP contribution in [-0.2, 0) is 6.54 Å². The van der Waals surface area contributed by atoms with Crippen LogP contribution in [0.5, 0.6) is 0 Å². The lowest BCUT2D eigenvalue weighted by Crippen LogP contribution is -2.32. The van der Waals surface area contributed by atoms with Gasteiger partial charge in [-0.3, -0.25) is 0 Å². The molecule has 1 aliphatic rings. The number of para-hydroxylation sites is 1. The Kier molecular flexibility index (Phi) is 3.75. The number of hydrogen-bond acceptors (Lipinski definition) is 2. The van der Waals surface area contributed by atoms with Crippen molar-refractivity contribution in [1.82, 2.24) is 10.3 Å². The number of H-pyrrole nitrogens is 1. The number of aryl methyl sites for hydroxylation is 1. The first-order chi connectivity index (χ1) is 9.78. The van der Waals surface area contributed by atoms with Crippen LogP contribution in [0.1, 0.15) is 36.9 Å². The summed E-state index contributed by atoms with van der Waals surface area (Å²) < 4.78 is 0. The smallest absolute Gasteiger partial charge is 0.0655 e. The first-order valence-electron chi connectivity index (χ1n) is 7.47. The zero-order valence-corrected chi connectivity index (χ0v) is 11.9. The molecule has 0 bridgehead atoms. The van der Waals surface area contributed by atoms with E-state index >= 15 is 0 Å². The molecule has 20 heavy (non-hydrogen) atoms. The Hall–Kier alpha value is -1.79. The van der Waals surface area contributed by atoms with E-state index in [1.165, 1.54) is 22.2 Å². The molecule has 0 aliphatic heterocycles. The number of hydrogen-bond donors (Lipinski definition) is 2. The number of fused-ring (bicyclic) bond motifs is 1. The molecule has 0 unspecified atom stereocenters. The van der Waals surface area contributed by atoms with Gasteiger partial charge in [-0.2, -0.15) is 5.26 Å². The highest BCUT2D eigenvalue weighted by Gasteiger charge is 2.20. The van der Waals surface area contributed by atoms with Crippen molar-refractivity contribution in [2.45, 2.75) is 45.2 Å². The molecular weight excluding hydrogens is 246 g/mol. The third-order valence-electron chi connectivity index (χ3n) is 4.50. The third kappa shape index (κ3) is 2.57. The molecular formula is C17H21N3. The van der Waals surface area contributed by atoms with Gasteiger partial charge in [0.15, 0.2) is 0 Å². The molecule has 0 spiro atoms. The normalized spacial score (nSPS) is 22.8. The molecule has 3 nitrogen and oxygen atoms in total. The van der Waals surface area contributed by atoms with Crippen molar-refractivity contribution in [2.75, 3.05) is 0 Å². The van der Waals surface area contributed by atoms with Gasteiger partial charge in [0.1, 0.15) is 0 Å². The van der Waals surface area contributed by atoms with Gasteiger partial charge in [-0.25, -0.2) is 0 Å². The van der Waals surface area contributed by atoms with Crippen molar-refractivity contribution in [3.05, 3.63) is 35.5 Å². The maximum Gasteiger partial charge on any atom is 0.0655 e. The summed E-state index contributed by atoms with van der Waals surface area (Å²) in [5.74, 6) is 0.280. The molecule has 1 aromatic carbocycles. The summed E-state index contributed by atoms with van der Waals surface area (Å²) in [6.45, 7) is 3.06. The van der Waals surface area contributed by atoms with E-state index in [0.29, 0.717) is 6.04 Å². The second-order valence-corrected chi connectivity index (χ2v) is 5.83. The molecule has 0 amide bonds. The minimum absolute atomic E-state index is 0.280. The first-order valence-corrected chi connectivity index (χ1v) is 7.47. The number of nitrogens with one attached hydrogen (secondary N) is 2. The van der Waals surface area contributed by atoms with Crippen molar-refractivity contribution >= 4 is 10.9 Å². The van der Waals surface area contributed by atoms with Crippen molar-refractivity contribution in [2.24, 2.45) is 5.92 Å². The maximum atomic E-state index is 8.94. The van der Waals surface area contributed by atoms with Gasteiger partial charge in [0, 0.05) is 35.1 Å². The lowest BCUT2D eigenvalue weighted by atomic mass is 9.87. The average Bonchev–Trinajstić information content (AvgIpc) is 2.81. The fourth-order valence-electron chi connectivity index (χ4n) is 3.24. The van der Waals surface area contributed by atoms with Crippen LogP contribution in [0.4, 0.5) is 0 Å². The second kappa shape index (κ2) is 5.68. The molecule has 1 saturated carbocycles. The van der Waals surface area contributed by atoms with E-state index in [-0.39, 0.29) is 5.92 Å². The van der Waals surface area contributed by atoms with Gasteiger partial charge in [0.05, 0.1) is 6.07 Å². The quantitative estimate of drug-likeness (QED) is 0.892. The molecule has 104 valence electrons. The first kappa shape index (κ1) is 13.2. The van der Waals surface area contributed by atoms with Crippen LogP contribution in [-0.4, -0.2) is 11.0 Å². The summed E-state index contributed by atoms with van der Waals surface area (Å²) in [4.78, 5) is 3.45. The van der Waals surface area contributed by atoms with E-state index in [2.05, 4.69) is 47.6 Å². The van der Waals surface area contributed by atoms with Crippen LogP contribution in [0, 0.1) is 24.2 Å². The predicted octanol–water partition coefficient (Wildman–Crippen LogP) is 3.65. The highest BCUT2D eigenvalue weighted by atomic mass is 14.9. The summed E-state index contributed by atoms with van der Waals surface area (Å²) in [5, 5.41) is 13.9. The maximum absolute atomic E-state index is 8.94. The Morgan fingerprint density at radius 1 is 1.25 bits per heavy atom. The summed E-state index contributed by atoms with van der Waals surface area (Å²) >= 11 is 0. The number of rotatable bonds is 3. The van der Waals surface area contributed by atoms with Crippen LogP contribution in [0.3, 0.4) is 0 Å². The zero-order valence-electron chi connectivity index (χ0n) is 11.9. The Bertz CT molecular complexity index is 627. The monoisotopic (exact) mass is 267 g/mol. The summed E-state index contributed by atoms with van der Waals surface area (Å²) in [5.41, 5.74) is 3.85. The average molecular weight is 267 g/mol. The molecule has 3 heteroatoms. The van der Waals surface area contributed by atoms with Gasteiger partial charge in [-0.15, -0.1) is 0 Å². The molecule has 1 aromatic heterocycles. The Balaban J connectivity index is 1.66. The van der Waals surface area contributed by atoms with Gasteiger partial charge >= 0.3 is 0 Å². The lowest BCUT2D eigenvalue weighted by Gasteiger charge is -2.25. The van der Waals surface area contributed by atoms with Gasteiger partial charge in [0.2, 0.25) is 0 Å². The number of aromatic amines is 1. The molecule has 1 heterocycles. The van der Waals surface area contributed by atoms with E-state index < -0.39 is 0 Å². The van der Waals surface area contributed by atoms with Crippen LogP contribution in [0.15, 0.2) is 24.3 Å². The molecule has 0 saturated heterocycles. The molecule has 1 aliphatic carbocycles. The van der Waals surface area contributed by atoms with Crippen molar-refractivity contribution in [3.8, 4) is 6.07 Å².